The van der Waals surface area contributed by atoms with Crippen LogP contribution in [0.15, 0.2) is 23.8 Å². The second-order valence-corrected chi connectivity index (χ2v) is 8.89. The van der Waals surface area contributed by atoms with Crippen molar-refractivity contribution in [3.63, 3.8) is 0 Å². The SMILES string of the molecule is C=C1CCC2C3CC=C4C[C@@H](OO[O-])CC[C@]4(C)C3CC[C@]12C.O=S. The van der Waals surface area contributed by atoms with Crippen LogP contribution in [0, 0.1) is 28.6 Å². The highest BCUT2D eigenvalue weighted by molar-refractivity contribution is 7.44. The van der Waals surface area contributed by atoms with Crippen molar-refractivity contribution in [2.75, 3.05) is 0 Å². The van der Waals surface area contributed by atoms with Gasteiger partial charge in [0.2, 0.25) is 0 Å². The first-order valence-corrected chi connectivity index (χ1v) is 9.82. The Balaban J connectivity index is 0.000000880. The van der Waals surface area contributed by atoms with Crippen molar-refractivity contribution in [1.29, 1.82) is 0 Å². The molecule has 0 bridgehead atoms. The van der Waals surface area contributed by atoms with Gasteiger partial charge in [0.1, 0.15) is 0 Å². The highest BCUT2D eigenvalue weighted by Gasteiger charge is 2.56. The first-order valence-electron chi connectivity index (χ1n) is 9.49. The van der Waals surface area contributed by atoms with Crippen molar-refractivity contribution >= 4 is 12.5 Å². The van der Waals surface area contributed by atoms with E-state index in [-0.39, 0.29) is 6.10 Å². The van der Waals surface area contributed by atoms with Gasteiger partial charge in [-0.2, -0.15) is 4.21 Å². The van der Waals surface area contributed by atoms with Crippen molar-refractivity contribution in [1.82, 2.24) is 0 Å². The highest BCUT2D eigenvalue weighted by atomic mass is 32.1. The molecule has 0 amide bonds. The lowest BCUT2D eigenvalue weighted by Gasteiger charge is -2.57. The summed E-state index contributed by atoms with van der Waals surface area (Å²) in [5, 5.41) is 14.0. The Morgan fingerprint density at radius 3 is 2.56 bits per heavy atom. The Morgan fingerprint density at radius 2 is 1.84 bits per heavy atom. The van der Waals surface area contributed by atoms with Gasteiger partial charge in [-0.15, -0.1) is 0 Å². The molecule has 3 fully saturated rings. The minimum absolute atomic E-state index is 0.0523. The minimum Gasteiger partial charge on any atom is -0.692 e. The first-order chi connectivity index (χ1) is 12.0. The van der Waals surface area contributed by atoms with Crippen LogP contribution >= 0.6 is 0 Å². The van der Waals surface area contributed by atoms with E-state index in [9.17, 15) is 5.26 Å². The Bertz CT molecular complexity index is 562. The van der Waals surface area contributed by atoms with E-state index in [2.05, 4.69) is 44.1 Å². The maximum atomic E-state index is 10.3. The van der Waals surface area contributed by atoms with Crippen LogP contribution in [0.1, 0.15) is 65.2 Å². The summed E-state index contributed by atoms with van der Waals surface area (Å²) >= 11 is 2.83. The van der Waals surface area contributed by atoms with E-state index in [1.54, 1.807) is 0 Å². The number of allylic oxidation sites excluding steroid dienone is 2. The van der Waals surface area contributed by atoms with Crippen LogP contribution in [0.5, 0.6) is 0 Å². The van der Waals surface area contributed by atoms with E-state index in [1.807, 2.05) is 0 Å². The molecular weight excluding hydrogens is 336 g/mol. The van der Waals surface area contributed by atoms with E-state index >= 15 is 0 Å². The lowest BCUT2D eigenvalue weighted by molar-refractivity contribution is -0.805. The van der Waals surface area contributed by atoms with E-state index < -0.39 is 0 Å². The molecule has 0 aromatic carbocycles. The topological polar surface area (TPSA) is 58.6 Å². The number of rotatable bonds is 2. The molecule has 0 aromatic heterocycles. The van der Waals surface area contributed by atoms with Crippen LogP contribution in [-0.2, 0) is 22.5 Å². The molecule has 6 atom stereocenters. The molecule has 0 N–H and O–H groups in total. The Kier molecular flexibility index (Phi) is 5.50. The summed E-state index contributed by atoms with van der Waals surface area (Å²) in [6, 6.07) is 0. The lowest BCUT2D eigenvalue weighted by atomic mass is 9.48. The molecule has 0 heterocycles. The van der Waals surface area contributed by atoms with Gasteiger partial charge in [0.05, 0.1) is 6.10 Å². The third-order valence-electron chi connectivity index (χ3n) is 8.19. The summed E-state index contributed by atoms with van der Waals surface area (Å²) in [6.45, 7) is 9.34. The van der Waals surface area contributed by atoms with Gasteiger partial charge in [-0.1, -0.05) is 37.6 Å². The molecule has 3 saturated carbocycles. The molecule has 5 heteroatoms. The van der Waals surface area contributed by atoms with Crippen molar-refractivity contribution in [2.45, 2.75) is 71.3 Å². The Hall–Kier alpha value is -0.620. The van der Waals surface area contributed by atoms with Crippen LogP contribution in [0.4, 0.5) is 0 Å². The minimum atomic E-state index is -0.0523. The van der Waals surface area contributed by atoms with E-state index in [4.69, 9.17) is 9.10 Å². The monoisotopic (exact) mass is 365 g/mol. The van der Waals surface area contributed by atoms with Gasteiger partial charge in [0.25, 0.3) is 0 Å². The van der Waals surface area contributed by atoms with Crippen molar-refractivity contribution in [3.05, 3.63) is 23.8 Å². The van der Waals surface area contributed by atoms with Crippen molar-refractivity contribution in [3.8, 4) is 0 Å². The maximum Gasteiger partial charge on any atom is 0.197 e. The molecule has 0 radical (unpaired) electrons. The van der Waals surface area contributed by atoms with Crippen molar-refractivity contribution < 1.29 is 19.4 Å². The fourth-order valence-electron chi connectivity index (χ4n) is 6.67. The number of fused-ring (bicyclic) bond motifs is 5. The van der Waals surface area contributed by atoms with Crippen molar-refractivity contribution in [2.24, 2.45) is 28.6 Å². The van der Waals surface area contributed by atoms with Crippen LogP contribution in [0.3, 0.4) is 0 Å². The summed E-state index contributed by atoms with van der Waals surface area (Å²) in [4.78, 5) is 4.90. The number of hydrogen-bond donors (Lipinski definition) is 0. The zero-order chi connectivity index (χ0) is 18.2. The fourth-order valence-corrected chi connectivity index (χ4v) is 6.67. The molecule has 4 rings (SSSR count). The summed E-state index contributed by atoms with van der Waals surface area (Å²) in [7, 11) is 0. The van der Waals surface area contributed by atoms with E-state index in [1.165, 1.54) is 43.3 Å². The summed E-state index contributed by atoms with van der Waals surface area (Å²) in [5.41, 5.74) is 3.72. The Morgan fingerprint density at radius 1 is 1.16 bits per heavy atom. The van der Waals surface area contributed by atoms with Gasteiger partial charge in [-0.3, -0.25) is 5.04 Å². The van der Waals surface area contributed by atoms with Crippen LogP contribution < -0.4 is 5.26 Å². The largest absolute Gasteiger partial charge is 0.692 e. The molecule has 4 aliphatic rings. The average Bonchev–Trinajstić information content (AvgIpc) is 2.92. The molecule has 25 heavy (non-hydrogen) atoms. The molecule has 3 unspecified atom stereocenters. The molecule has 4 aliphatic carbocycles. The molecule has 0 aromatic rings. The molecule has 140 valence electrons. The Labute approximate surface area is 156 Å². The predicted octanol–water partition coefficient (Wildman–Crippen LogP) is 3.76. The molecule has 0 saturated heterocycles. The quantitative estimate of drug-likeness (QED) is 0.424. The predicted molar refractivity (Wildman–Crippen MR) is 94.9 cm³/mol. The molecule has 0 aliphatic heterocycles. The van der Waals surface area contributed by atoms with Crippen LogP contribution in [0.2, 0.25) is 0 Å². The van der Waals surface area contributed by atoms with Gasteiger partial charge >= 0.3 is 0 Å². The normalized spacial score (nSPS) is 45.4. The van der Waals surface area contributed by atoms with Crippen LogP contribution in [-0.4, -0.2) is 10.3 Å². The number of hydrogen-bond acceptors (Lipinski definition) is 5. The van der Waals surface area contributed by atoms with Crippen LogP contribution in [0.25, 0.3) is 0 Å². The zero-order valence-corrected chi connectivity index (χ0v) is 16.1. The highest BCUT2D eigenvalue weighted by Crippen LogP contribution is 2.65. The van der Waals surface area contributed by atoms with Gasteiger partial charge in [-0.25, -0.2) is 4.89 Å². The van der Waals surface area contributed by atoms with Gasteiger partial charge in [-0.05, 0) is 80.0 Å². The van der Waals surface area contributed by atoms with Gasteiger partial charge < -0.3 is 5.26 Å². The third kappa shape index (κ3) is 2.93. The maximum absolute atomic E-state index is 10.3. The second-order valence-electron chi connectivity index (χ2n) is 8.89. The third-order valence-corrected chi connectivity index (χ3v) is 8.19. The van der Waals surface area contributed by atoms with Gasteiger partial charge in [0, 0.05) is 0 Å². The summed E-state index contributed by atoms with van der Waals surface area (Å²) in [6.07, 6.45) is 11.8. The lowest BCUT2D eigenvalue weighted by Crippen LogP contribution is -2.49. The molecule has 4 nitrogen and oxygen atoms in total. The summed E-state index contributed by atoms with van der Waals surface area (Å²) < 4.78 is 7.83. The molecular formula is C20H29O4S-. The second kappa shape index (κ2) is 7.18. The summed E-state index contributed by atoms with van der Waals surface area (Å²) in [5.74, 6) is 2.43. The molecule has 0 spiro atoms. The van der Waals surface area contributed by atoms with E-state index in [0.717, 1.165) is 37.0 Å². The zero-order valence-electron chi connectivity index (χ0n) is 15.3. The first kappa shape index (κ1) is 19.2. The van der Waals surface area contributed by atoms with E-state index in [0.29, 0.717) is 10.8 Å². The standard InChI is InChI=1S/C20H30O3.OS/c1-13-4-7-17-16-6-5-14-12-15(22-23-21)8-10-20(14,3)18(16)9-11-19(13,17)2;1-2/h5,15-18,21H,1,4,6-12H2,2-3H3;/p-1/t15-,16?,17?,18?,19+,20-;/m0./s1. The fraction of sp³-hybridized carbons (Fsp3) is 0.800. The van der Waals surface area contributed by atoms with Gasteiger partial charge in [0.15, 0.2) is 12.5 Å². The smallest absolute Gasteiger partial charge is 0.197 e. The average molecular weight is 366 g/mol.